The van der Waals surface area contributed by atoms with Crippen molar-refractivity contribution in [3.63, 3.8) is 0 Å². The maximum atomic E-state index is 11.8. The normalized spacial score (nSPS) is 10.2. The lowest BCUT2D eigenvalue weighted by molar-refractivity contribution is -0.119. The summed E-state index contributed by atoms with van der Waals surface area (Å²) in [5.41, 5.74) is 4.93. The maximum Gasteiger partial charge on any atom is 0.271 e. The van der Waals surface area contributed by atoms with Crippen LogP contribution in [-0.2, 0) is 4.79 Å². The molecule has 21 heavy (non-hydrogen) atoms. The van der Waals surface area contributed by atoms with Gasteiger partial charge in [-0.3, -0.25) is 20.4 Å². The van der Waals surface area contributed by atoms with Gasteiger partial charge in [-0.1, -0.05) is 46.8 Å². The number of benzene rings is 1. The largest absolute Gasteiger partial charge is 0.272 e. The summed E-state index contributed by atoms with van der Waals surface area (Å²) in [5.74, 6) is -0.670. The Morgan fingerprint density at radius 2 is 2.05 bits per heavy atom. The molecule has 0 saturated heterocycles. The highest BCUT2D eigenvalue weighted by Gasteiger charge is 2.11. The highest BCUT2D eigenvalue weighted by atomic mass is 35.5. The summed E-state index contributed by atoms with van der Waals surface area (Å²) < 4.78 is 0.708. The summed E-state index contributed by atoms with van der Waals surface area (Å²) >= 11 is 8.55. The zero-order valence-corrected chi connectivity index (χ0v) is 13.3. The van der Waals surface area contributed by atoms with Crippen LogP contribution in [0.3, 0.4) is 0 Å². The second-order valence-corrected chi connectivity index (χ2v) is 6.67. The first-order valence-corrected chi connectivity index (χ1v) is 8.01. The van der Waals surface area contributed by atoms with E-state index in [2.05, 4.69) is 21.0 Å². The second kappa shape index (κ2) is 7.39. The smallest absolute Gasteiger partial charge is 0.271 e. The Bertz CT molecular complexity index is 662. The van der Waals surface area contributed by atoms with Crippen LogP contribution in [-0.4, -0.2) is 27.8 Å². The minimum atomic E-state index is -0.467. The molecule has 1 aromatic carbocycles. The number of nitrogens with zero attached hydrogens (tertiary/aromatic N) is 2. The Kier molecular flexibility index (Phi) is 5.54. The molecule has 2 rings (SSSR count). The van der Waals surface area contributed by atoms with Gasteiger partial charge in [0.05, 0.1) is 16.3 Å². The lowest BCUT2D eigenvalue weighted by Gasteiger charge is -2.07. The third-order valence-corrected chi connectivity index (χ3v) is 4.57. The molecule has 2 amide bonds. The molecule has 0 radical (unpaired) electrons. The number of aromatic nitrogens is 2. The molecule has 2 N–H and O–H groups in total. The summed E-state index contributed by atoms with van der Waals surface area (Å²) in [7, 11) is 0. The van der Waals surface area contributed by atoms with E-state index >= 15 is 0 Å². The summed E-state index contributed by atoms with van der Waals surface area (Å²) in [4.78, 5) is 23.4. The molecule has 6 nitrogen and oxygen atoms in total. The molecule has 1 heterocycles. The van der Waals surface area contributed by atoms with Gasteiger partial charge in [0.1, 0.15) is 5.01 Å². The van der Waals surface area contributed by atoms with Crippen LogP contribution in [0.1, 0.15) is 15.4 Å². The van der Waals surface area contributed by atoms with Crippen LogP contribution < -0.4 is 10.9 Å². The van der Waals surface area contributed by atoms with Gasteiger partial charge in [0.15, 0.2) is 4.34 Å². The number of aryl methyl sites for hydroxylation is 1. The van der Waals surface area contributed by atoms with Gasteiger partial charge in [0.25, 0.3) is 5.91 Å². The molecule has 0 saturated carbocycles. The Hall–Kier alpha value is -1.64. The summed E-state index contributed by atoms with van der Waals surface area (Å²) in [6, 6.07) is 6.59. The number of thioether (sulfide) groups is 1. The van der Waals surface area contributed by atoms with Gasteiger partial charge < -0.3 is 0 Å². The van der Waals surface area contributed by atoms with Gasteiger partial charge in [-0.05, 0) is 19.1 Å². The number of carbonyl (C=O) groups excluding carboxylic acids is 2. The molecule has 110 valence electrons. The predicted octanol–water partition coefficient (Wildman–Crippen LogP) is 2.05. The Balaban J connectivity index is 1.79. The average molecular weight is 343 g/mol. The van der Waals surface area contributed by atoms with E-state index in [4.69, 9.17) is 11.6 Å². The summed E-state index contributed by atoms with van der Waals surface area (Å²) in [5, 5.41) is 8.90. The van der Waals surface area contributed by atoms with Crippen molar-refractivity contribution in [3.05, 3.63) is 39.9 Å². The quantitative estimate of drug-likeness (QED) is 0.656. The van der Waals surface area contributed by atoms with E-state index in [1.807, 2.05) is 6.92 Å². The molecule has 9 heteroatoms. The summed E-state index contributed by atoms with van der Waals surface area (Å²) in [6.07, 6.45) is 0. The predicted molar refractivity (Wildman–Crippen MR) is 82.4 cm³/mol. The molecule has 0 atom stereocenters. The van der Waals surface area contributed by atoms with Crippen LogP contribution in [0.25, 0.3) is 0 Å². The van der Waals surface area contributed by atoms with Crippen LogP contribution in [0.5, 0.6) is 0 Å². The van der Waals surface area contributed by atoms with E-state index in [0.29, 0.717) is 14.9 Å². The molecular formula is C12H11ClN4O2S2. The van der Waals surface area contributed by atoms with Crippen molar-refractivity contribution < 1.29 is 9.59 Å². The minimum Gasteiger partial charge on any atom is -0.272 e. The number of halogens is 1. The summed E-state index contributed by atoms with van der Waals surface area (Å²) in [6.45, 7) is 1.84. The van der Waals surface area contributed by atoms with E-state index in [0.717, 1.165) is 5.01 Å². The lowest BCUT2D eigenvalue weighted by Crippen LogP contribution is -2.42. The van der Waals surface area contributed by atoms with Crippen molar-refractivity contribution in [3.8, 4) is 0 Å². The number of hydrazine groups is 1. The first-order chi connectivity index (χ1) is 10.1. The Morgan fingerprint density at radius 1 is 1.29 bits per heavy atom. The Labute approximate surface area is 134 Å². The van der Waals surface area contributed by atoms with Gasteiger partial charge >= 0.3 is 0 Å². The molecule has 0 aliphatic carbocycles. The van der Waals surface area contributed by atoms with E-state index < -0.39 is 5.91 Å². The molecule has 2 aromatic rings. The van der Waals surface area contributed by atoms with Crippen LogP contribution >= 0.6 is 34.7 Å². The van der Waals surface area contributed by atoms with Crippen LogP contribution in [0.4, 0.5) is 0 Å². The van der Waals surface area contributed by atoms with Gasteiger partial charge in [-0.25, -0.2) is 0 Å². The molecule has 0 bridgehead atoms. The molecule has 0 fully saturated rings. The first kappa shape index (κ1) is 15.7. The second-order valence-electron chi connectivity index (χ2n) is 3.86. The Morgan fingerprint density at radius 3 is 2.71 bits per heavy atom. The van der Waals surface area contributed by atoms with Crippen LogP contribution in [0.15, 0.2) is 28.6 Å². The molecule has 0 aliphatic heterocycles. The highest BCUT2D eigenvalue weighted by molar-refractivity contribution is 8.01. The van der Waals surface area contributed by atoms with Gasteiger partial charge in [0.2, 0.25) is 5.91 Å². The van der Waals surface area contributed by atoms with Crippen molar-refractivity contribution in [1.82, 2.24) is 21.0 Å². The maximum absolute atomic E-state index is 11.8. The van der Waals surface area contributed by atoms with E-state index in [-0.39, 0.29) is 11.7 Å². The fourth-order valence-electron chi connectivity index (χ4n) is 1.34. The third-order valence-electron chi connectivity index (χ3n) is 2.27. The fourth-order valence-corrected chi connectivity index (χ4v) is 3.18. The highest BCUT2D eigenvalue weighted by Crippen LogP contribution is 2.21. The third kappa shape index (κ3) is 4.69. The van der Waals surface area contributed by atoms with Gasteiger partial charge in [-0.2, -0.15) is 0 Å². The van der Waals surface area contributed by atoms with Crippen LogP contribution in [0, 0.1) is 6.92 Å². The van der Waals surface area contributed by atoms with Crippen molar-refractivity contribution in [2.75, 3.05) is 5.75 Å². The average Bonchev–Trinajstić information content (AvgIpc) is 2.89. The number of amides is 2. The van der Waals surface area contributed by atoms with Crippen LogP contribution in [0.2, 0.25) is 5.02 Å². The topological polar surface area (TPSA) is 84.0 Å². The molecular weight excluding hydrogens is 332 g/mol. The van der Waals surface area contributed by atoms with Crippen molar-refractivity contribution in [1.29, 1.82) is 0 Å². The number of rotatable bonds is 4. The lowest BCUT2D eigenvalue weighted by atomic mass is 10.2. The van der Waals surface area contributed by atoms with Crippen molar-refractivity contribution in [2.24, 2.45) is 0 Å². The standard InChI is InChI=1S/C12H11ClN4O2S2/c1-7-14-17-12(21-7)20-6-10(18)15-16-11(19)8-4-2-3-5-9(8)13/h2-5H,6H2,1H3,(H,15,18)(H,16,19). The number of nitrogens with one attached hydrogen (secondary N) is 2. The minimum absolute atomic E-state index is 0.136. The SMILES string of the molecule is Cc1nnc(SCC(=O)NNC(=O)c2ccccc2Cl)s1. The monoisotopic (exact) mass is 342 g/mol. The fraction of sp³-hybridized carbons (Fsp3) is 0.167. The van der Waals surface area contributed by atoms with Crippen molar-refractivity contribution in [2.45, 2.75) is 11.3 Å². The zero-order valence-electron chi connectivity index (χ0n) is 10.9. The van der Waals surface area contributed by atoms with E-state index in [1.165, 1.54) is 23.1 Å². The van der Waals surface area contributed by atoms with E-state index in [9.17, 15) is 9.59 Å². The molecule has 0 aliphatic rings. The molecule has 1 aromatic heterocycles. The first-order valence-electron chi connectivity index (χ1n) is 5.83. The number of hydrogen-bond acceptors (Lipinski definition) is 6. The molecule has 0 unspecified atom stereocenters. The number of carbonyl (C=O) groups is 2. The van der Waals surface area contributed by atoms with Gasteiger partial charge in [0, 0.05) is 0 Å². The van der Waals surface area contributed by atoms with Gasteiger partial charge in [-0.15, -0.1) is 10.2 Å². The van der Waals surface area contributed by atoms with E-state index in [1.54, 1.807) is 24.3 Å². The van der Waals surface area contributed by atoms with Crippen molar-refractivity contribution >= 4 is 46.5 Å². The zero-order chi connectivity index (χ0) is 15.2. The number of hydrogen-bond donors (Lipinski definition) is 2. The molecule has 0 spiro atoms.